The van der Waals surface area contributed by atoms with E-state index in [4.69, 9.17) is 0 Å². The summed E-state index contributed by atoms with van der Waals surface area (Å²) in [5.41, 5.74) is 2.24. The van der Waals surface area contributed by atoms with Gasteiger partial charge in [-0.05, 0) is 49.7 Å². The van der Waals surface area contributed by atoms with Crippen molar-refractivity contribution in [2.24, 2.45) is 0 Å². The van der Waals surface area contributed by atoms with E-state index in [0.29, 0.717) is 22.5 Å². The Morgan fingerprint density at radius 1 is 1.03 bits per heavy atom. The summed E-state index contributed by atoms with van der Waals surface area (Å²) in [6.45, 7) is 3.76. The first kappa shape index (κ1) is 20.9. The molecule has 0 saturated heterocycles. The molecule has 0 saturated carbocycles. The van der Waals surface area contributed by atoms with Crippen molar-refractivity contribution >= 4 is 28.4 Å². The van der Waals surface area contributed by atoms with Gasteiger partial charge in [0.2, 0.25) is 0 Å². The summed E-state index contributed by atoms with van der Waals surface area (Å²) >= 11 is 1.04. The SMILES string of the molecule is Cc1ccc(C)c(C(=O)CSc2nc3ccccc3c(=O)n2-c2ccc(F)cc2F)c1. The Bertz CT molecular complexity index is 1380. The van der Waals surface area contributed by atoms with Gasteiger partial charge in [0.25, 0.3) is 5.56 Å². The van der Waals surface area contributed by atoms with Crippen molar-refractivity contribution in [3.8, 4) is 5.69 Å². The van der Waals surface area contributed by atoms with E-state index in [1.807, 2.05) is 32.0 Å². The van der Waals surface area contributed by atoms with E-state index in [2.05, 4.69) is 4.98 Å². The fourth-order valence-corrected chi connectivity index (χ4v) is 4.22. The summed E-state index contributed by atoms with van der Waals surface area (Å²) in [7, 11) is 0. The molecule has 4 rings (SSSR count). The number of hydrogen-bond donors (Lipinski definition) is 0. The molecular formula is C24H18F2N2O2S. The highest BCUT2D eigenvalue weighted by atomic mass is 32.2. The number of thioether (sulfide) groups is 1. The van der Waals surface area contributed by atoms with Crippen molar-refractivity contribution in [1.29, 1.82) is 0 Å². The highest BCUT2D eigenvalue weighted by Crippen LogP contribution is 2.25. The maximum absolute atomic E-state index is 14.6. The van der Waals surface area contributed by atoms with Gasteiger partial charge in [0.1, 0.15) is 11.6 Å². The van der Waals surface area contributed by atoms with Crippen molar-refractivity contribution in [3.05, 3.63) is 99.3 Å². The molecular weight excluding hydrogens is 418 g/mol. The number of aryl methyl sites for hydroxylation is 2. The topological polar surface area (TPSA) is 52.0 Å². The van der Waals surface area contributed by atoms with E-state index < -0.39 is 17.2 Å². The van der Waals surface area contributed by atoms with Crippen LogP contribution in [0.5, 0.6) is 0 Å². The average Bonchev–Trinajstić information content (AvgIpc) is 2.75. The van der Waals surface area contributed by atoms with Crippen LogP contribution in [0.1, 0.15) is 21.5 Å². The largest absolute Gasteiger partial charge is 0.293 e. The molecule has 1 heterocycles. The van der Waals surface area contributed by atoms with Gasteiger partial charge >= 0.3 is 0 Å². The van der Waals surface area contributed by atoms with Crippen LogP contribution < -0.4 is 5.56 Å². The first-order valence-corrected chi connectivity index (χ1v) is 10.5. The van der Waals surface area contributed by atoms with Crippen molar-refractivity contribution in [3.63, 3.8) is 0 Å². The highest BCUT2D eigenvalue weighted by Gasteiger charge is 2.18. The number of nitrogens with zero attached hydrogens (tertiary/aromatic N) is 2. The zero-order chi connectivity index (χ0) is 22.1. The Hall–Kier alpha value is -3.32. The number of halogens is 2. The molecule has 0 fully saturated rings. The Kier molecular flexibility index (Phi) is 5.69. The van der Waals surface area contributed by atoms with Crippen LogP contribution in [-0.2, 0) is 0 Å². The second kappa shape index (κ2) is 8.43. The summed E-state index contributed by atoms with van der Waals surface area (Å²) in [4.78, 5) is 30.5. The molecule has 0 aliphatic heterocycles. The Balaban J connectivity index is 1.80. The minimum atomic E-state index is -0.887. The summed E-state index contributed by atoms with van der Waals surface area (Å²) in [6.07, 6.45) is 0. The molecule has 0 unspecified atom stereocenters. The highest BCUT2D eigenvalue weighted by molar-refractivity contribution is 7.99. The van der Waals surface area contributed by atoms with Crippen LogP contribution in [0.15, 0.2) is 70.6 Å². The van der Waals surface area contributed by atoms with Gasteiger partial charge in [0.05, 0.1) is 22.3 Å². The predicted molar refractivity (Wildman–Crippen MR) is 118 cm³/mol. The Morgan fingerprint density at radius 2 is 1.81 bits per heavy atom. The molecule has 0 radical (unpaired) electrons. The lowest BCUT2D eigenvalue weighted by atomic mass is 10.0. The number of benzene rings is 3. The van der Waals surface area contributed by atoms with E-state index in [1.165, 1.54) is 6.07 Å². The molecule has 0 amide bonds. The average molecular weight is 436 g/mol. The lowest BCUT2D eigenvalue weighted by molar-refractivity contribution is 0.102. The molecule has 0 aliphatic carbocycles. The number of fused-ring (bicyclic) bond motifs is 1. The zero-order valence-corrected chi connectivity index (χ0v) is 17.7. The van der Waals surface area contributed by atoms with Crippen LogP contribution in [0.2, 0.25) is 0 Å². The van der Waals surface area contributed by atoms with Gasteiger partial charge in [-0.2, -0.15) is 0 Å². The molecule has 4 nitrogen and oxygen atoms in total. The summed E-state index contributed by atoms with van der Waals surface area (Å²) in [6, 6.07) is 15.3. The van der Waals surface area contributed by atoms with Gasteiger partial charge in [-0.25, -0.2) is 13.8 Å². The van der Waals surface area contributed by atoms with Gasteiger partial charge in [-0.3, -0.25) is 14.2 Å². The van der Waals surface area contributed by atoms with Crippen molar-refractivity contribution in [1.82, 2.24) is 9.55 Å². The van der Waals surface area contributed by atoms with Crippen molar-refractivity contribution < 1.29 is 13.6 Å². The number of carbonyl (C=O) groups excluding carboxylic acids is 1. The normalized spacial score (nSPS) is 11.1. The zero-order valence-electron chi connectivity index (χ0n) is 16.9. The third-order valence-electron chi connectivity index (χ3n) is 4.92. The molecule has 0 spiro atoms. The monoisotopic (exact) mass is 436 g/mol. The lowest BCUT2D eigenvalue weighted by Crippen LogP contribution is -2.23. The first-order valence-electron chi connectivity index (χ1n) is 9.55. The molecule has 4 aromatic rings. The number of rotatable bonds is 5. The molecule has 156 valence electrons. The molecule has 0 bridgehead atoms. The fourth-order valence-electron chi connectivity index (χ4n) is 3.33. The summed E-state index contributed by atoms with van der Waals surface area (Å²) in [5, 5.41) is 0.462. The van der Waals surface area contributed by atoms with E-state index in [-0.39, 0.29) is 22.4 Å². The maximum atomic E-state index is 14.6. The number of aromatic nitrogens is 2. The number of ketones is 1. The summed E-state index contributed by atoms with van der Waals surface area (Å²) < 4.78 is 29.1. The van der Waals surface area contributed by atoms with Crippen LogP contribution >= 0.6 is 11.8 Å². The van der Waals surface area contributed by atoms with Crippen LogP contribution in [-0.4, -0.2) is 21.1 Å². The van der Waals surface area contributed by atoms with E-state index in [9.17, 15) is 18.4 Å². The van der Waals surface area contributed by atoms with Crippen molar-refractivity contribution in [2.75, 3.05) is 5.75 Å². The molecule has 7 heteroatoms. The van der Waals surface area contributed by atoms with Gasteiger partial charge in [0.15, 0.2) is 10.9 Å². The van der Waals surface area contributed by atoms with Crippen LogP contribution in [0.3, 0.4) is 0 Å². The summed E-state index contributed by atoms with van der Waals surface area (Å²) in [5.74, 6) is -1.75. The van der Waals surface area contributed by atoms with Gasteiger partial charge in [0, 0.05) is 11.6 Å². The van der Waals surface area contributed by atoms with Crippen LogP contribution in [0.4, 0.5) is 8.78 Å². The van der Waals surface area contributed by atoms with E-state index in [1.54, 1.807) is 24.3 Å². The van der Waals surface area contributed by atoms with Crippen molar-refractivity contribution in [2.45, 2.75) is 19.0 Å². The van der Waals surface area contributed by atoms with Crippen LogP contribution in [0, 0.1) is 25.5 Å². The Labute approximate surface area is 181 Å². The minimum absolute atomic E-state index is 0.0118. The minimum Gasteiger partial charge on any atom is -0.293 e. The van der Waals surface area contributed by atoms with E-state index in [0.717, 1.165) is 33.5 Å². The smallest absolute Gasteiger partial charge is 0.266 e. The Morgan fingerprint density at radius 3 is 2.58 bits per heavy atom. The van der Waals surface area contributed by atoms with Gasteiger partial charge < -0.3 is 0 Å². The molecule has 0 atom stereocenters. The second-order valence-electron chi connectivity index (χ2n) is 7.18. The number of carbonyl (C=O) groups is 1. The molecule has 0 N–H and O–H groups in total. The number of hydrogen-bond acceptors (Lipinski definition) is 4. The third-order valence-corrected chi connectivity index (χ3v) is 5.86. The van der Waals surface area contributed by atoms with Gasteiger partial charge in [-0.1, -0.05) is 41.6 Å². The standard InChI is InChI=1S/C24H18F2N2O2S/c1-14-7-8-15(2)18(11-14)22(29)13-31-24-27-20-6-4-3-5-17(20)23(30)28(24)21-10-9-16(25)12-19(21)26/h3-12H,13H2,1-2H3. The molecule has 1 aromatic heterocycles. The second-order valence-corrected chi connectivity index (χ2v) is 8.12. The maximum Gasteiger partial charge on any atom is 0.266 e. The van der Waals surface area contributed by atoms with Crippen LogP contribution in [0.25, 0.3) is 16.6 Å². The third kappa shape index (κ3) is 4.14. The quantitative estimate of drug-likeness (QED) is 0.243. The van der Waals surface area contributed by atoms with E-state index >= 15 is 0 Å². The number of Topliss-reactive ketones (excluding diaryl/α,β-unsaturated/α-hetero) is 1. The first-order chi connectivity index (χ1) is 14.8. The fraction of sp³-hybridized carbons (Fsp3) is 0.125. The lowest BCUT2D eigenvalue weighted by Gasteiger charge is -2.14. The molecule has 0 aliphatic rings. The predicted octanol–water partition coefficient (Wildman–Crippen LogP) is 5.26. The molecule has 3 aromatic carbocycles. The number of para-hydroxylation sites is 1. The van der Waals surface area contributed by atoms with Gasteiger partial charge in [-0.15, -0.1) is 0 Å². The molecule has 31 heavy (non-hydrogen) atoms.